The zero-order chi connectivity index (χ0) is 21.1. The van der Waals surface area contributed by atoms with Gasteiger partial charge in [-0.3, -0.25) is 4.79 Å². The minimum atomic E-state index is -0.0221. The van der Waals surface area contributed by atoms with Crippen LogP contribution in [0.15, 0.2) is 71.9 Å². The van der Waals surface area contributed by atoms with E-state index in [1.165, 1.54) is 16.4 Å². The van der Waals surface area contributed by atoms with E-state index in [0.717, 1.165) is 22.0 Å². The fourth-order valence-corrected chi connectivity index (χ4v) is 4.25. The maximum absolute atomic E-state index is 13.0. The van der Waals surface area contributed by atoms with Gasteiger partial charge in [-0.1, -0.05) is 71.9 Å². The second kappa shape index (κ2) is 8.77. The molecule has 0 bridgehead atoms. The molecule has 8 heteroatoms. The van der Waals surface area contributed by atoms with Crippen molar-refractivity contribution in [3.8, 4) is 11.4 Å². The minimum Gasteiger partial charge on any atom is -0.335 e. The summed E-state index contributed by atoms with van der Waals surface area (Å²) in [5, 5.41) is 11.5. The Morgan fingerprint density at radius 2 is 1.87 bits per heavy atom. The lowest BCUT2D eigenvalue weighted by atomic mass is 10.1. The van der Waals surface area contributed by atoms with Crippen LogP contribution in [0.4, 0.5) is 5.69 Å². The van der Waals surface area contributed by atoms with Gasteiger partial charge >= 0.3 is 0 Å². The summed E-state index contributed by atoms with van der Waals surface area (Å²) in [6.45, 7) is 2.53. The van der Waals surface area contributed by atoms with Gasteiger partial charge < -0.3 is 10.7 Å². The van der Waals surface area contributed by atoms with Crippen LogP contribution < -0.4 is 10.7 Å². The molecule has 6 nitrogen and oxygen atoms in total. The van der Waals surface area contributed by atoms with Gasteiger partial charge in [-0.2, -0.15) is 0 Å². The number of anilines is 1. The van der Waals surface area contributed by atoms with Crippen molar-refractivity contribution in [3.05, 3.63) is 71.8 Å². The first-order valence-electron chi connectivity index (χ1n) is 9.46. The van der Waals surface area contributed by atoms with Crippen LogP contribution in [-0.2, 0) is 4.79 Å². The largest absolute Gasteiger partial charge is 0.335 e. The Balaban J connectivity index is 1.53. The van der Waals surface area contributed by atoms with Crippen molar-refractivity contribution in [2.24, 2.45) is 0 Å². The zero-order valence-corrected chi connectivity index (χ0v) is 17.9. The highest BCUT2D eigenvalue weighted by atomic mass is 35.5. The molecule has 0 radical (unpaired) electrons. The molecule has 4 aromatic rings. The van der Waals surface area contributed by atoms with E-state index in [0.29, 0.717) is 22.5 Å². The first-order chi connectivity index (χ1) is 14.6. The summed E-state index contributed by atoms with van der Waals surface area (Å²) in [5.74, 6) is 6.84. The summed E-state index contributed by atoms with van der Waals surface area (Å²) in [6, 6.07) is 21.3. The standard InChI is InChI=1S/C22H20ClN5OS/c1-2-27(19-12-6-8-15-7-3-4-11-18(15)19)20(29)14-30-22-26-25-21(28(22)24)16-9-5-10-17(23)13-16/h3-13H,2,14,24H2,1H3. The van der Waals surface area contributed by atoms with Crippen LogP contribution in [0.25, 0.3) is 22.2 Å². The minimum absolute atomic E-state index is 0.0221. The number of fused-ring (bicyclic) bond motifs is 1. The number of halogens is 1. The van der Waals surface area contributed by atoms with Crippen molar-refractivity contribution in [1.29, 1.82) is 0 Å². The van der Waals surface area contributed by atoms with Crippen LogP contribution in [0, 0.1) is 0 Å². The molecular weight excluding hydrogens is 418 g/mol. The lowest BCUT2D eigenvalue weighted by molar-refractivity contribution is -0.116. The predicted molar refractivity (Wildman–Crippen MR) is 123 cm³/mol. The van der Waals surface area contributed by atoms with Gasteiger partial charge in [0, 0.05) is 22.5 Å². The summed E-state index contributed by atoms with van der Waals surface area (Å²) < 4.78 is 1.39. The molecule has 0 aliphatic heterocycles. The molecule has 1 amide bonds. The van der Waals surface area contributed by atoms with E-state index in [2.05, 4.69) is 10.2 Å². The van der Waals surface area contributed by atoms with Crippen molar-refractivity contribution in [2.75, 3.05) is 23.0 Å². The third-order valence-electron chi connectivity index (χ3n) is 4.75. The van der Waals surface area contributed by atoms with E-state index in [9.17, 15) is 4.79 Å². The van der Waals surface area contributed by atoms with E-state index in [4.69, 9.17) is 17.4 Å². The molecule has 152 valence electrons. The van der Waals surface area contributed by atoms with Gasteiger partial charge in [-0.25, -0.2) is 4.68 Å². The number of amides is 1. The molecule has 0 spiro atoms. The van der Waals surface area contributed by atoms with Crippen molar-refractivity contribution in [1.82, 2.24) is 14.9 Å². The molecule has 1 aromatic heterocycles. The smallest absolute Gasteiger partial charge is 0.237 e. The molecule has 2 N–H and O–H groups in total. The van der Waals surface area contributed by atoms with Crippen LogP contribution in [0.2, 0.25) is 5.02 Å². The number of thioether (sulfide) groups is 1. The van der Waals surface area contributed by atoms with E-state index < -0.39 is 0 Å². The number of nitrogen functional groups attached to an aromatic ring is 1. The fraction of sp³-hybridized carbons (Fsp3) is 0.136. The van der Waals surface area contributed by atoms with Crippen LogP contribution in [0.5, 0.6) is 0 Å². The molecule has 30 heavy (non-hydrogen) atoms. The van der Waals surface area contributed by atoms with Gasteiger partial charge in [-0.05, 0) is 30.5 Å². The summed E-state index contributed by atoms with van der Waals surface area (Å²) in [7, 11) is 0. The van der Waals surface area contributed by atoms with Gasteiger partial charge in [0.2, 0.25) is 11.1 Å². The van der Waals surface area contributed by atoms with Crippen molar-refractivity contribution in [3.63, 3.8) is 0 Å². The number of rotatable bonds is 6. The summed E-state index contributed by atoms with van der Waals surface area (Å²) in [4.78, 5) is 14.8. The molecule has 3 aromatic carbocycles. The first kappa shape index (κ1) is 20.3. The summed E-state index contributed by atoms with van der Waals surface area (Å²) in [5.41, 5.74) is 1.66. The molecule has 0 unspecified atom stereocenters. The number of carbonyl (C=O) groups is 1. The van der Waals surface area contributed by atoms with Gasteiger partial charge in [0.1, 0.15) is 0 Å². The summed E-state index contributed by atoms with van der Waals surface area (Å²) >= 11 is 7.31. The lowest BCUT2D eigenvalue weighted by Crippen LogP contribution is -2.32. The second-order valence-corrected chi connectivity index (χ2v) is 7.99. The molecule has 4 rings (SSSR count). The zero-order valence-electron chi connectivity index (χ0n) is 16.3. The monoisotopic (exact) mass is 437 g/mol. The Hall–Kier alpha value is -3.03. The van der Waals surface area contributed by atoms with E-state index in [1.807, 2.05) is 61.5 Å². The molecule has 0 aliphatic carbocycles. The first-order valence-corrected chi connectivity index (χ1v) is 10.8. The number of nitrogens with zero attached hydrogens (tertiary/aromatic N) is 4. The van der Waals surface area contributed by atoms with Crippen LogP contribution >= 0.6 is 23.4 Å². The van der Waals surface area contributed by atoms with Crippen molar-refractivity contribution in [2.45, 2.75) is 12.1 Å². The van der Waals surface area contributed by atoms with Crippen molar-refractivity contribution >= 4 is 45.7 Å². The van der Waals surface area contributed by atoms with Crippen LogP contribution in [-0.4, -0.2) is 33.1 Å². The van der Waals surface area contributed by atoms with E-state index >= 15 is 0 Å². The number of hydrogen-bond acceptors (Lipinski definition) is 5. The molecule has 0 saturated carbocycles. The van der Waals surface area contributed by atoms with Gasteiger partial charge in [0.25, 0.3) is 0 Å². The predicted octanol–water partition coefficient (Wildman–Crippen LogP) is 4.61. The maximum atomic E-state index is 13.0. The third kappa shape index (κ3) is 3.99. The van der Waals surface area contributed by atoms with Gasteiger partial charge in [-0.15, -0.1) is 10.2 Å². The fourth-order valence-electron chi connectivity index (χ4n) is 3.33. The highest BCUT2D eigenvalue weighted by Gasteiger charge is 2.19. The van der Waals surface area contributed by atoms with E-state index in [1.54, 1.807) is 17.0 Å². The average molecular weight is 438 g/mol. The molecule has 0 aliphatic rings. The van der Waals surface area contributed by atoms with E-state index in [-0.39, 0.29) is 11.7 Å². The number of carbonyl (C=O) groups excluding carboxylic acids is 1. The average Bonchev–Trinajstić information content (AvgIpc) is 3.13. The lowest BCUT2D eigenvalue weighted by Gasteiger charge is -2.22. The number of benzene rings is 3. The molecule has 0 saturated heterocycles. The highest BCUT2D eigenvalue weighted by molar-refractivity contribution is 7.99. The number of nitrogens with two attached hydrogens (primary N) is 1. The summed E-state index contributed by atoms with van der Waals surface area (Å²) in [6.07, 6.45) is 0. The van der Waals surface area contributed by atoms with Crippen LogP contribution in [0.1, 0.15) is 6.92 Å². The SMILES string of the molecule is CCN(C(=O)CSc1nnc(-c2cccc(Cl)c2)n1N)c1cccc2ccccc12. The Kier molecular flexibility index (Phi) is 5.92. The molecular formula is C22H20ClN5OS. The van der Waals surface area contributed by atoms with Crippen LogP contribution in [0.3, 0.4) is 0 Å². The Labute approximate surface area is 183 Å². The molecule has 0 fully saturated rings. The Morgan fingerprint density at radius 3 is 2.67 bits per heavy atom. The topological polar surface area (TPSA) is 77.0 Å². The highest BCUT2D eigenvalue weighted by Crippen LogP contribution is 2.28. The molecule has 0 atom stereocenters. The van der Waals surface area contributed by atoms with Gasteiger partial charge in [0.05, 0.1) is 11.4 Å². The third-order valence-corrected chi connectivity index (χ3v) is 5.91. The number of hydrogen-bond donors (Lipinski definition) is 1. The second-order valence-electron chi connectivity index (χ2n) is 6.61. The van der Waals surface area contributed by atoms with Crippen molar-refractivity contribution < 1.29 is 4.79 Å². The quantitative estimate of drug-likeness (QED) is 0.352. The normalized spacial score (nSPS) is 11.0. The Bertz CT molecular complexity index is 1200. The van der Waals surface area contributed by atoms with Gasteiger partial charge in [0.15, 0.2) is 5.82 Å². The number of aromatic nitrogens is 3. The molecule has 1 heterocycles. The Morgan fingerprint density at radius 1 is 1.10 bits per heavy atom. The maximum Gasteiger partial charge on any atom is 0.237 e.